The second-order valence-corrected chi connectivity index (χ2v) is 14.5. The Kier molecular flexibility index (Phi) is 18.2. The number of carbonyl (C=O) groups is 1. The van der Waals surface area contributed by atoms with Crippen LogP contribution in [-0.2, 0) is 42.1 Å². The summed E-state index contributed by atoms with van der Waals surface area (Å²) in [6, 6.07) is 14.2. The summed E-state index contributed by atoms with van der Waals surface area (Å²) in [7, 11) is -5.48. The van der Waals surface area contributed by atoms with E-state index < -0.39 is 60.2 Å². The zero-order chi connectivity index (χ0) is 38.9. The number of allylic oxidation sites excluding steroid dienone is 2. The molecule has 0 radical (unpaired) electrons. The molecule has 1 aliphatic heterocycles. The average Bonchev–Trinajstić information content (AvgIpc) is 3.66. The van der Waals surface area contributed by atoms with Crippen LogP contribution in [0.2, 0.25) is 0 Å². The first-order valence-corrected chi connectivity index (χ1v) is 18.3. The molecule has 3 aromatic carbocycles. The molecule has 0 N–H and O–H groups in total. The first-order valence-electron chi connectivity index (χ1n) is 15.9. The first-order chi connectivity index (χ1) is 25.8. The van der Waals surface area contributed by atoms with Crippen molar-refractivity contribution in [2.75, 3.05) is 13.2 Å². The van der Waals surface area contributed by atoms with E-state index in [1.54, 1.807) is 25.2 Å². The minimum atomic E-state index is -5.48. The van der Waals surface area contributed by atoms with E-state index in [9.17, 15) is 33.2 Å². The summed E-state index contributed by atoms with van der Waals surface area (Å²) in [6.45, 7) is 0.667. The van der Waals surface area contributed by atoms with Crippen LogP contribution in [0.15, 0.2) is 85.5 Å². The van der Waals surface area contributed by atoms with E-state index in [4.69, 9.17) is 19.5 Å². The molecule has 20 heteroatoms. The van der Waals surface area contributed by atoms with Crippen molar-refractivity contribution in [1.82, 2.24) is 14.8 Å². The molecule has 0 saturated carbocycles. The molecule has 4 aromatic rings. The van der Waals surface area contributed by atoms with Crippen molar-refractivity contribution < 1.29 is 110 Å². The number of nitrogens with zero attached hydrogens (tertiary/aromatic N) is 5. The van der Waals surface area contributed by atoms with Crippen molar-refractivity contribution in [3.8, 4) is 12.1 Å². The summed E-state index contributed by atoms with van der Waals surface area (Å²) in [5.41, 5.74) is -2.24. The van der Waals surface area contributed by atoms with Crippen LogP contribution >= 0.6 is 19.6 Å². The van der Waals surface area contributed by atoms with Crippen molar-refractivity contribution in [3.63, 3.8) is 0 Å². The third-order valence-electron chi connectivity index (χ3n) is 8.09. The third-order valence-corrected chi connectivity index (χ3v) is 9.98. The number of thioether (sulfide) groups is 1. The fourth-order valence-corrected chi connectivity index (χ4v) is 7.11. The Morgan fingerprint density at radius 1 is 1.05 bits per heavy atom. The zero-order valence-corrected chi connectivity index (χ0v) is 35.9. The standard InChI is InChI=1S/C36H31F3N5O8PS.2Na/c1-23(54-29-18-49-34(50-19-29)5-3-2-4-26-8-6-25(16-41)13-32(26)38)36(20-44-22-42-21-43-44,31-11-10-28(37)14-33(31)39)52-35(45)30-12-24(15-40)7-9-27(30)17-51-53(46,47)48;;/h2-14,21-23,29,34H,17-20H2,1H3,(H2,46,47,48);;/q;2*+1/p-2/t23-,29?,34?,36-;;/m1../s1. The van der Waals surface area contributed by atoms with Gasteiger partial charge >= 0.3 is 65.1 Å². The first kappa shape index (κ1) is 47.3. The summed E-state index contributed by atoms with van der Waals surface area (Å²) in [5.74, 6) is -3.66. The third kappa shape index (κ3) is 12.7. The molecule has 0 spiro atoms. The quantitative estimate of drug-likeness (QED) is 0.0630. The van der Waals surface area contributed by atoms with Crippen molar-refractivity contribution >= 4 is 31.6 Å². The Morgan fingerprint density at radius 3 is 2.38 bits per heavy atom. The number of rotatable bonds is 14. The predicted octanol–water partition coefficient (Wildman–Crippen LogP) is -1.32. The fraction of sp³-hybridized carbons (Fsp3) is 0.250. The van der Waals surface area contributed by atoms with Gasteiger partial charge in [0, 0.05) is 22.4 Å². The summed E-state index contributed by atoms with van der Waals surface area (Å²) in [6.07, 6.45) is 8.02. The van der Waals surface area contributed by atoms with Crippen LogP contribution in [0.4, 0.5) is 13.2 Å². The molecular weight excluding hydrogens is 796 g/mol. The number of carbonyl (C=O) groups excluding carboxylic acids is 1. The van der Waals surface area contributed by atoms with Crippen LogP contribution in [0.1, 0.15) is 45.1 Å². The van der Waals surface area contributed by atoms with Gasteiger partial charge < -0.3 is 33.1 Å². The molecule has 0 unspecified atom stereocenters. The molecule has 1 saturated heterocycles. The van der Waals surface area contributed by atoms with E-state index in [-0.39, 0.29) is 112 Å². The van der Waals surface area contributed by atoms with Crippen LogP contribution in [0.3, 0.4) is 0 Å². The van der Waals surface area contributed by atoms with Crippen LogP contribution in [0, 0.1) is 40.1 Å². The van der Waals surface area contributed by atoms with Gasteiger partial charge in [-0.05, 0) is 55.0 Å². The normalized spacial score (nSPS) is 17.2. The van der Waals surface area contributed by atoms with E-state index in [0.717, 1.165) is 24.3 Å². The fourth-order valence-electron chi connectivity index (χ4n) is 5.46. The van der Waals surface area contributed by atoms with Crippen LogP contribution < -0.4 is 68.9 Å². The summed E-state index contributed by atoms with van der Waals surface area (Å²) < 4.78 is 79.1. The number of phosphoric acid groups is 1. The van der Waals surface area contributed by atoms with E-state index >= 15 is 4.39 Å². The Bertz CT molecular complexity index is 2180. The van der Waals surface area contributed by atoms with Gasteiger partial charge in [0.15, 0.2) is 11.9 Å². The van der Waals surface area contributed by atoms with Crippen molar-refractivity contribution in [3.05, 3.63) is 136 Å². The minimum absolute atomic E-state index is 0. The van der Waals surface area contributed by atoms with Crippen molar-refractivity contribution in [2.24, 2.45) is 0 Å². The Morgan fingerprint density at radius 2 is 1.75 bits per heavy atom. The molecule has 1 fully saturated rings. The Hall–Kier alpha value is -3.10. The van der Waals surface area contributed by atoms with Gasteiger partial charge in [-0.3, -0.25) is 0 Å². The molecule has 0 aliphatic carbocycles. The largest absolute Gasteiger partial charge is 1.00 e. The second kappa shape index (κ2) is 21.6. The average molecular weight is 826 g/mol. The second-order valence-electron chi connectivity index (χ2n) is 11.7. The van der Waals surface area contributed by atoms with Gasteiger partial charge in [0.05, 0.1) is 68.3 Å². The molecule has 280 valence electrons. The van der Waals surface area contributed by atoms with Gasteiger partial charge in [-0.25, -0.2) is 27.6 Å². The van der Waals surface area contributed by atoms with Crippen LogP contribution in [0.5, 0.6) is 0 Å². The molecule has 13 nitrogen and oxygen atoms in total. The van der Waals surface area contributed by atoms with Gasteiger partial charge in [-0.2, -0.15) is 15.6 Å². The SMILES string of the molecule is C[C@@H](SC1COC(C=CC=Cc2ccc(C#N)cc2F)OC1)[C@@](Cn1cncn1)(OC(=O)c1cc(C#N)ccc1COP(=O)([O-])[O-])c1ccc(F)cc1F.[Na+].[Na+]. The number of ether oxygens (including phenoxy) is 3. The molecule has 5 rings (SSSR count). The number of hydrogen-bond acceptors (Lipinski definition) is 13. The van der Waals surface area contributed by atoms with Crippen molar-refractivity contribution in [1.29, 1.82) is 10.5 Å². The molecule has 1 aromatic heterocycles. The number of halogens is 3. The molecule has 56 heavy (non-hydrogen) atoms. The molecular formula is C36H29F3N5Na2O8PS. The van der Waals surface area contributed by atoms with Gasteiger partial charge in [-0.15, -0.1) is 11.8 Å². The van der Waals surface area contributed by atoms with E-state index in [1.807, 2.05) is 12.1 Å². The summed E-state index contributed by atoms with van der Waals surface area (Å²) in [5, 5.41) is 21.3. The number of nitriles is 2. The Labute approximate surface area is 368 Å². The topological polar surface area (TPSA) is 195 Å². The minimum Gasteiger partial charge on any atom is -0.790 e. The van der Waals surface area contributed by atoms with Gasteiger partial charge in [0.25, 0.3) is 0 Å². The van der Waals surface area contributed by atoms with Crippen LogP contribution in [-0.4, -0.2) is 50.7 Å². The molecule has 2 atom stereocenters. The molecule has 2 heterocycles. The van der Waals surface area contributed by atoms with Gasteiger partial charge in [0.2, 0.25) is 0 Å². The monoisotopic (exact) mass is 825 g/mol. The number of benzene rings is 3. The number of aromatic nitrogens is 3. The predicted molar refractivity (Wildman–Crippen MR) is 183 cm³/mol. The number of hydrogen-bond donors (Lipinski definition) is 0. The van der Waals surface area contributed by atoms with E-state index in [0.29, 0.717) is 6.07 Å². The van der Waals surface area contributed by atoms with Gasteiger partial charge in [0.1, 0.15) is 30.1 Å². The van der Waals surface area contributed by atoms with Crippen molar-refractivity contribution in [2.45, 2.75) is 42.5 Å². The maximum atomic E-state index is 15.8. The molecule has 1 aliphatic rings. The maximum Gasteiger partial charge on any atom is 1.00 e. The van der Waals surface area contributed by atoms with E-state index in [2.05, 4.69) is 14.6 Å². The van der Waals surface area contributed by atoms with Crippen LogP contribution in [0.25, 0.3) is 6.08 Å². The van der Waals surface area contributed by atoms with Gasteiger partial charge in [-0.1, -0.05) is 30.4 Å². The zero-order valence-electron chi connectivity index (χ0n) is 30.2. The summed E-state index contributed by atoms with van der Waals surface area (Å²) in [4.78, 5) is 40.5. The molecule has 0 amide bonds. The number of esters is 1. The van der Waals surface area contributed by atoms with E-state index in [1.165, 1.54) is 59.4 Å². The number of phosphoric ester groups is 1. The smallest absolute Gasteiger partial charge is 0.790 e. The Balaban J connectivity index is 0.00000420. The maximum absolute atomic E-state index is 15.8. The summed E-state index contributed by atoms with van der Waals surface area (Å²) >= 11 is 1.20. The molecule has 0 bridgehead atoms.